The molecule has 0 aliphatic rings. The molecule has 9 heteroatoms. The van der Waals surface area contributed by atoms with Gasteiger partial charge in [-0.05, 0) is 63.2 Å². The Morgan fingerprint density at radius 3 is 2.27 bits per heavy atom. The summed E-state index contributed by atoms with van der Waals surface area (Å²) in [5, 5.41) is 11.9. The second kappa shape index (κ2) is 8.52. The van der Waals surface area contributed by atoms with E-state index in [0.717, 1.165) is 28.2 Å². The van der Waals surface area contributed by atoms with Gasteiger partial charge in [-0.1, -0.05) is 17.7 Å². The number of carbonyl (C=O) groups excluding carboxylic acids is 1. The molecule has 156 valence electrons. The molecule has 3 rings (SSSR count). The second-order valence-corrected chi connectivity index (χ2v) is 8.45. The van der Waals surface area contributed by atoms with Gasteiger partial charge in [0.05, 0.1) is 11.1 Å². The average molecular weight is 426 g/mol. The molecule has 0 aliphatic carbocycles. The Balaban J connectivity index is 1.72. The molecule has 0 fully saturated rings. The van der Waals surface area contributed by atoms with Crippen molar-refractivity contribution in [2.45, 2.75) is 25.7 Å². The van der Waals surface area contributed by atoms with E-state index < -0.39 is 16.1 Å². The van der Waals surface area contributed by atoms with E-state index in [4.69, 9.17) is 5.14 Å². The van der Waals surface area contributed by atoms with Crippen molar-refractivity contribution in [3.63, 3.8) is 0 Å². The van der Waals surface area contributed by atoms with Crippen molar-refractivity contribution in [2.75, 3.05) is 5.32 Å². The van der Waals surface area contributed by atoms with Crippen molar-refractivity contribution >= 4 is 28.0 Å². The maximum atomic E-state index is 12.0. The lowest BCUT2D eigenvalue weighted by molar-refractivity contribution is 0.252. The van der Waals surface area contributed by atoms with Crippen molar-refractivity contribution in [2.24, 2.45) is 10.2 Å². The van der Waals surface area contributed by atoms with Crippen LogP contribution in [0.2, 0.25) is 0 Å². The highest BCUT2D eigenvalue weighted by molar-refractivity contribution is 7.89. The minimum absolute atomic E-state index is 0.0549. The molecule has 0 radical (unpaired) electrons. The lowest BCUT2D eigenvalue weighted by atomic mass is 10.2. The number of hydrazone groups is 1. The number of nitrogens with one attached hydrogen (secondary N) is 2. The number of benzene rings is 2. The molecule has 2 aromatic carbocycles. The summed E-state index contributed by atoms with van der Waals surface area (Å²) in [5.74, 6) is 0. The maximum absolute atomic E-state index is 12.0. The van der Waals surface area contributed by atoms with Crippen LogP contribution >= 0.6 is 0 Å². The monoisotopic (exact) mass is 425 g/mol. The third-order valence-electron chi connectivity index (χ3n) is 4.57. The number of hydrogen-bond acceptors (Lipinski definition) is 4. The van der Waals surface area contributed by atoms with E-state index in [0.29, 0.717) is 5.69 Å². The number of hydrogen-bond donors (Lipinski definition) is 3. The number of rotatable bonds is 5. The summed E-state index contributed by atoms with van der Waals surface area (Å²) >= 11 is 0. The van der Waals surface area contributed by atoms with Gasteiger partial charge in [0.2, 0.25) is 10.0 Å². The molecule has 30 heavy (non-hydrogen) atoms. The summed E-state index contributed by atoms with van der Waals surface area (Å²) in [4.78, 5) is 12.0. The molecule has 1 heterocycles. The topological polar surface area (TPSA) is 119 Å². The van der Waals surface area contributed by atoms with Crippen LogP contribution in [-0.2, 0) is 10.0 Å². The Morgan fingerprint density at radius 2 is 1.67 bits per heavy atom. The molecule has 1 aromatic heterocycles. The molecule has 3 aromatic rings. The third-order valence-corrected chi connectivity index (χ3v) is 5.50. The predicted octanol–water partition coefficient (Wildman–Crippen LogP) is 3.21. The molecule has 0 saturated heterocycles. The second-order valence-electron chi connectivity index (χ2n) is 6.89. The van der Waals surface area contributed by atoms with E-state index >= 15 is 0 Å². The lowest BCUT2D eigenvalue weighted by Gasteiger charge is -2.10. The van der Waals surface area contributed by atoms with Crippen molar-refractivity contribution in [3.05, 3.63) is 77.1 Å². The quantitative estimate of drug-likeness (QED) is 0.430. The van der Waals surface area contributed by atoms with Gasteiger partial charge in [-0.2, -0.15) is 5.10 Å². The van der Waals surface area contributed by atoms with Crippen LogP contribution in [0.25, 0.3) is 5.69 Å². The highest BCUT2D eigenvalue weighted by Gasteiger charge is 2.12. The van der Waals surface area contributed by atoms with Gasteiger partial charge >= 0.3 is 6.03 Å². The molecule has 8 nitrogen and oxygen atoms in total. The van der Waals surface area contributed by atoms with Crippen LogP contribution in [0.5, 0.6) is 0 Å². The number of anilines is 1. The van der Waals surface area contributed by atoms with E-state index in [1.165, 1.54) is 12.1 Å². The number of sulfonamides is 1. The van der Waals surface area contributed by atoms with Crippen LogP contribution in [0.1, 0.15) is 22.5 Å². The first-order valence-corrected chi connectivity index (χ1v) is 10.7. The van der Waals surface area contributed by atoms with E-state index in [1.54, 1.807) is 18.3 Å². The Labute approximate surface area is 175 Å². The normalized spacial score (nSPS) is 11.6. The highest BCUT2D eigenvalue weighted by atomic mass is 32.2. The Kier molecular flexibility index (Phi) is 6.04. The van der Waals surface area contributed by atoms with Gasteiger partial charge in [0.25, 0.3) is 0 Å². The molecule has 0 aliphatic heterocycles. The van der Waals surface area contributed by atoms with Crippen molar-refractivity contribution in [1.82, 2.24) is 9.99 Å². The van der Waals surface area contributed by atoms with E-state index in [1.807, 2.05) is 55.7 Å². The molecular weight excluding hydrogens is 402 g/mol. The van der Waals surface area contributed by atoms with E-state index in [2.05, 4.69) is 15.8 Å². The van der Waals surface area contributed by atoms with Gasteiger partial charge in [0, 0.05) is 28.3 Å². The first-order valence-electron chi connectivity index (χ1n) is 9.14. The third kappa shape index (κ3) is 4.94. The van der Waals surface area contributed by atoms with Crippen LogP contribution in [0, 0.1) is 20.8 Å². The van der Waals surface area contributed by atoms with Crippen molar-refractivity contribution in [3.8, 4) is 5.69 Å². The minimum Gasteiger partial charge on any atom is -0.318 e. The Bertz CT molecular complexity index is 1190. The van der Waals surface area contributed by atoms with E-state index in [-0.39, 0.29) is 4.90 Å². The number of aromatic nitrogens is 1. The summed E-state index contributed by atoms with van der Waals surface area (Å²) in [6.07, 6.45) is 1.56. The number of carbonyl (C=O) groups is 1. The number of nitrogens with zero attached hydrogens (tertiary/aromatic N) is 2. The molecule has 0 bridgehead atoms. The predicted molar refractivity (Wildman–Crippen MR) is 118 cm³/mol. The zero-order valence-electron chi connectivity index (χ0n) is 16.9. The number of aryl methyl sites for hydroxylation is 2. The number of amides is 2. The SMILES string of the molecule is Cc1ccc(NC(=O)N/N=C/c2cc(C)n(-c3ccc(S(N)(=O)=O)cc3)c2C)cc1. The molecule has 0 unspecified atom stereocenters. The Hall–Kier alpha value is -3.43. The smallest absolute Gasteiger partial charge is 0.318 e. The molecular formula is C21H23N5O3S. The van der Waals surface area contributed by atoms with Crippen molar-refractivity contribution < 1.29 is 13.2 Å². The van der Waals surface area contributed by atoms with Crippen LogP contribution in [-0.4, -0.2) is 25.2 Å². The maximum Gasteiger partial charge on any atom is 0.339 e. The number of primary sulfonamides is 1. The fourth-order valence-corrected chi connectivity index (χ4v) is 3.57. The van der Waals surface area contributed by atoms with Crippen LogP contribution < -0.4 is 15.9 Å². The van der Waals surface area contributed by atoms with Gasteiger partial charge in [0.15, 0.2) is 0 Å². The standard InChI is InChI=1S/C21H23N5O3S/c1-14-4-6-18(7-5-14)24-21(27)25-23-13-17-12-15(2)26(16(17)3)19-8-10-20(11-9-19)30(22,28)29/h4-13H,1-3H3,(H2,22,28,29)(H2,24,25,27)/b23-13+. The van der Waals surface area contributed by atoms with E-state index in [9.17, 15) is 13.2 Å². The number of urea groups is 1. The largest absolute Gasteiger partial charge is 0.339 e. The van der Waals surface area contributed by atoms with Gasteiger partial charge in [-0.15, -0.1) is 0 Å². The zero-order chi connectivity index (χ0) is 21.9. The summed E-state index contributed by atoms with van der Waals surface area (Å²) in [6, 6.07) is 15.2. The summed E-state index contributed by atoms with van der Waals surface area (Å²) in [6.45, 7) is 5.81. The zero-order valence-corrected chi connectivity index (χ0v) is 17.7. The van der Waals surface area contributed by atoms with Gasteiger partial charge < -0.3 is 9.88 Å². The fraction of sp³-hybridized carbons (Fsp3) is 0.143. The molecule has 2 amide bonds. The molecule has 0 saturated carbocycles. The summed E-state index contributed by atoms with van der Waals surface area (Å²) in [7, 11) is -3.74. The number of nitrogens with two attached hydrogens (primary N) is 1. The van der Waals surface area contributed by atoms with Gasteiger partial charge in [-0.3, -0.25) is 0 Å². The Morgan fingerprint density at radius 1 is 1.03 bits per heavy atom. The highest BCUT2D eigenvalue weighted by Crippen LogP contribution is 2.21. The van der Waals surface area contributed by atoms with Gasteiger partial charge in [-0.25, -0.2) is 23.8 Å². The molecule has 0 spiro atoms. The first-order chi connectivity index (χ1) is 14.1. The van der Waals surface area contributed by atoms with Crippen LogP contribution in [0.3, 0.4) is 0 Å². The average Bonchev–Trinajstić information content (AvgIpc) is 2.96. The summed E-state index contributed by atoms with van der Waals surface area (Å²) < 4.78 is 24.8. The minimum atomic E-state index is -3.74. The fourth-order valence-electron chi connectivity index (χ4n) is 3.06. The van der Waals surface area contributed by atoms with Gasteiger partial charge in [0.1, 0.15) is 0 Å². The lowest BCUT2D eigenvalue weighted by Crippen LogP contribution is -2.24. The van der Waals surface area contributed by atoms with Crippen molar-refractivity contribution in [1.29, 1.82) is 0 Å². The van der Waals surface area contributed by atoms with Crippen LogP contribution in [0.4, 0.5) is 10.5 Å². The molecule has 4 N–H and O–H groups in total. The summed E-state index contributed by atoms with van der Waals surface area (Å²) in [5.41, 5.74) is 7.66. The first kappa shape index (κ1) is 21.3. The van der Waals surface area contributed by atoms with Crippen LogP contribution in [0.15, 0.2) is 64.6 Å². The molecule has 0 atom stereocenters.